The summed E-state index contributed by atoms with van der Waals surface area (Å²) in [4.78, 5) is 35.1. The van der Waals surface area contributed by atoms with E-state index in [1.165, 1.54) is 19.2 Å². The van der Waals surface area contributed by atoms with Crippen LogP contribution in [0.4, 0.5) is 5.69 Å². The van der Waals surface area contributed by atoms with Crippen molar-refractivity contribution in [3.8, 4) is 11.5 Å². The fraction of sp³-hybridized carbons (Fsp3) is 0.150. The highest BCUT2D eigenvalue weighted by Crippen LogP contribution is 2.35. The molecule has 0 unspecified atom stereocenters. The zero-order chi connectivity index (χ0) is 22.5. The molecule has 0 radical (unpaired) electrons. The van der Waals surface area contributed by atoms with Crippen molar-refractivity contribution in [3.63, 3.8) is 0 Å². The number of amides is 1. The Hall–Kier alpha value is -3.44. The van der Waals surface area contributed by atoms with Crippen LogP contribution in [0.1, 0.15) is 11.1 Å². The summed E-state index contributed by atoms with van der Waals surface area (Å²) in [5, 5.41) is 19.8. The largest absolute Gasteiger partial charge is 0.493 e. The summed E-state index contributed by atoms with van der Waals surface area (Å²) >= 11 is 6.11. The number of carbonyl (C=O) groups excluding carboxylic acids is 1. The van der Waals surface area contributed by atoms with Crippen LogP contribution in [0, 0.1) is 10.1 Å². The minimum Gasteiger partial charge on any atom is -0.493 e. The molecule has 9 nitrogen and oxygen atoms in total. The topological polar surface area (TPSA) is 119 Å². The number of nitro benzene ring substituents is 1. The van der Waals surface area contributed by atoms with Gasteiger partial charge in [0.05, 0.1) is 16.9 Å². The first-order valence-electron chi connectivity index (χ1n) is 8.80. The highest BCUT2D eigenvalue weighted by molar-refractivity contribution is 8.26. The summed E-state index contributed by atoms with van der Waals surface area (Å²) in [5.41, 5.74) is 1.24. The molecule has 0 aromatic heterocycles. The van der Waals surface area contributed by atoms with Crippen LogP contribution >= 0.6 is 24.0 Å². The fourth-order valence-electron chi connectivity index (χ4n) is 2.74. The number of benzene rings is 2. The maximum absolute atomic E-state index is 12.4. The van der Waals surface area contributed by atoms with Gasteiger partial charge in [-0.05, 0) is 29.3 Å². The third-order valence-corrected chi connectivity index (χ3v) is 5.55. The van der Waals surface area contributed by atoms with E-state index in [0.29, 0.717) is 27.5 Å². The molecule has 1 heterocycles. The highest BCUT2D eigenvalue weighted by Gasteiger charge is 2.33. The van der Waals surface area contributed by atoms with E-state index in [1.807, 2.05) is 0 Å². The van der Waals surface area contributed by atoms with E-state index in [-0.39, 0.29) is 16.6 Å². The summed E-state index contributed by atoms with van der Waals surface area (Å²) in [5.74, 6) is -0.795. The number of carbonyl (C=O) groups is 2. The van der Waals surface area contributed by atoms with Gasteiger partial charge < -0.3 is 14.6 Å². The van der Waals surface area contributed by atoms with Crippen molar-refractivity contribution in [3.05, 3.63) is 68.6 Å². The first-order chi connectivity index (χ1) is 14.8. The number of thioether (sulfide) groups is 1. The van der Waals surface area contributed by atoms with Gasteiger partial charge in [0, 0.05) is 12.1 Å². The average Bonchev–Trinajstić information content (AvgIpc) is 2.99. The van der Waals surface area contributed by atoms with Crippen molar-refractivity contribution in [1.82, 2.24) is 4.90 Å². The van der Waals surface area contributed by atoms with E-state index < -0.39 is 23.3 Å². The lowest BCUT2D eigenvalue weighted by Crippen LogP contribution is -2.33. The number of hydrogen-bond acceptors (Lipinski definition) is 8. The molecule has 0 spiro atoms. The summed E-state index contributed by atoms with van der Waals surface area (Å²) in [6.07, 6.45) is 1.59. The van der Waals surface area contributed by atoms with Crippen LogP contribution in [0.2, 0.25) is 0 Å². The van der Waals surface area contributed by atoms with Crippen LogP contribution < -0.4 is 9.47 Å². The standard InChI is InChI=1S/C20H16N2O7S2/c1-28-16-8-12(9-17-19(25)21(10-18(23)24)20(30)31-17)5-6-15(16)29-11-13-3-2-4-14(7-13)22(26)27/h2-9H,10-11H2,1H3,(H,23,24)/b17-9+. The molecule has 1 aliphatic heterocycles. The van der Waals surface area contributed by atoms with Crippen LogP contribution in [-0.2, 0) is 16.2 Å². The number of ether oxygens (including phenoxy) is 2. The van der Waals surface area contributed by atoms with Gasteiger partial charge in [0.1, 0.15) is 17.5 Å². The second kappa shape index (κ2) is 9.58. The van der Waals surface area contributed by atoms with Crippen molar-refractivity contribution in [2.45, 2.75) is 6.61 Å². The number of rotatable bonds is 8. The van der Waals surface area contributed by atoms with Gasteiger partial charge in [0.15, 0.2) is 11.5 Å². The third kappa shape index (κ3) is 5.38. The molecular formula is C20H16N2O7S2. The Morgan fingerprint density at radius 2 is 2.06 bits per heavy atom. The molecule has 1 amide bonds. The van der Waals surface area contributed by atoms with Gasteiger partial charge in [-0.25, -0.2) is 0 Å². The predicted molar refractivity (Wildman–Crippen MR) is 118 cm³/mol. The number of nitrogens with zero attached hydrogens (tertiary/aromatic N) is 2. The molecule has 3 rings (SSSR count). The lowest BCUT2D eigenvalue weighted by atomic mass is 10.1. The van der Waals surface area contributed by atoms with Crippen LogP contribution in [-0.4, -0.2) is 44.8 Å². The Morgan fingerprint density at radius 3 is 2.74 bits per heavy atom. The van der Waals surface area contributed by atoms with E-state index in [2.05, 4.69) is 0 Å². The van der Waals surface area contributed by atoms with Gasteiger partial charge in [0.2, 0.25) is 0 Å². The average molecular weight is 460 g/mol. The summed E-state index contributed by atoms with van der Waals surface area (Å²) in [6, 6.07) is 11.1. The van der Waals surface area contributed by atoms with E-state index in [9.17, 15) is 19.7 Å². The SMILES string of the molecule is COc1cc(/C=C2/SC(=S)N(CC(=O)O)C2=O)ccc1OCc1cccc([N+](=O)[O-])c1. The lowest BCUT2D eigenvalue weighted by molar-refractivity contribution is -0.384. The number of aliphatic carboxylic acids is 1. The van der Waals surface area contributed by atoms with Gasteiger partial charge in [-0.1, -0.05) is 42.2 Å². The fourth-order valence-corrected chi connectivity index (χ4v) is 3.99. The van der Waals surface area contributed by atoms with Crippen molar-refractivity contribution < 1.29 is 29.1 Å². The summed E-state index contributed by atoms with van der Waals surface area (Å²) < 4.78 is 11.3. The molecule has 0 atom stereocenters. The molecule has 0 aliphatic carbocycles. The van der Waals surface area contributed by atoms with Gasteiger partial charge >= 0.3 is 5.97 Å². The lowest BCUT2D eigenvalue weighted by Gasteiger charge is -2.12. The van der Waals surface area contributed by atoms with E-state index >= 15 is 0 Å². The van der Waals surface area contributed by atoms with Crippen LogP contribution in [0.3, 0.4) is 0 Å². The van der Waals surface area contributed by atoms with Crippen molar-refractivity contribution >= 4 is 51.9 Å². The van der Waals surface area contributed by atoms with Crippen molar-refractivity contribution in [1.29, 1.82) is 0 Å². The molecular weight excluding hydrogens is 444 g/mol. The number of carboxylic acid groups (broad SMARTS) is 1. The van der Waals surface area contributed by atoms with Crippen LogP contribution in [0.5, 0.6) is 11.5 Å². The molecule has 1 saturated heterocycles. The van der Waals surface area contributed by atoms with E-state index in [1.54, 1.807) is 36.4 Å². The van der Waals surface area contributed by atoms with Crippen LogP contribution in [0.15, 0.2) is 47.4 Å². The van der Waals surface area contributed by atoms with Gasteiger partial charge in [-0.15, -0.1) is 0 Å². The van der Waals surface area contributed by atoms with Gasteiger partial charge in [-0.3, -0.25) is 24.6 Å². The molecule has 160 valence electrons. The predicted octanol–water partition coefficient (Wildman–Crippen LogP) is 3.47. The number of methoxy groups -OCH3 is 1. The van der Waals surface area contributed by atoms with Crippen molar-refractivity contribution in [2.75, 3.05) is 13.7 Å². The number of thiocarbonyl (C=S) groups is 1. The Bertz CT molecular complexity index is 1100. The Kier molecular flexibility index (Phi) is 6.88. The molecule has 1 aliphatic rings. The maximum atomic E-state index is 12.4. The summed E-state index contributed by atoms with van der Waals surface area (Å²) in [6.45, 7) is -0.388. The second-order valence-electron chi connectivity index (χ2n) is 6.29. The Balaban J connectivity index is 1.76. The van der Waals surface area contributed by atoms with E-state index in [0.717, 1.165) is 16.7 Å². The Morgan fingerprint density at radius 1 is 1.29 bits per heavy atom. The number of carboxylic acids is 1. The molecule has 0 bridgehead atoms. The smallest absolute Gasteiger partial charge is 0.323 e. The van der Waals surface area contributed by atoms with Gasteiger partial charge in [0.25, 0.3) is 11.6 Å². The molecule has 2 aromatic carbocycles. The quantitative estimate of drug-likeness (QED) is 0.273. The second-order valence-corrected chi connectivity index (χ2v) is 7.96. The number of non-ortho nitro benzene ring substituents is 1. The van der Waals surface area contributed by atoms with E-state index in [4.69, 9.17) is 26.8 Å². The van der Waals surface area contributed by atoms with Crippen LogP contribution in [0.25, 0.3) is 6.08 Å². The third-order valence-electron chi connectivity index (χ3n) is 4.17. The monoisotopic (exact) mass is 460 g/mol. The normalized spacial score (nSPS) is 14.7. The van der Waals surface area contributed by atoms with Crippen molar-refractivity contribution in [2.24, 2.45) is 0 Å². The molecule has 1 fully saturated rings. The molecule has 31 heavy (non-hydrogen) atoms. The molecule has 2 aromatic rings. The minimum absolute atomic E-state index is 0.0244. The van der Waals surface area contributed by atoms with Gasteiger partial charge in [-0.2, -0.15) is 0 Å². The zero-order valence-electron chi connectivity index (χ0n) is 16.1. The summed E-state index contributed by atoms with van der Waals surface area (Å²) in [7, 11) is 1.46. The minimum atomic E-state index is -1.15. The first kappa shape index (κ1) is 22.2. The molecule has 0 saturated carbocycles. The number of nitro groups is 1. The molecule has 11 heteroatoms. The zero-order valence-corrected chi connectivity index (χ0v) is 17.8. The Labute approximate surface area is 186 Å². The first-order valence-corrected chi connectivity index (χ1v) is 10.0. The highest BCUT2D eigenvalue weighted by atomic mass is 32.2. The number of hydrogen-bond donors (Lipinski definition) is 1. The maximum Gasteiger partial charge on any atom is 0.323 e. The molecule has 1 N–H and O–H groups in total.